The lowest BCUT2D eigenvalue weighted by Crippen LogP contribution is -2.20. The van der Waals surface area contributed by atoms with E-state index in [1.165, 1.54) is 0 Å². The van der Waals surface area contributed by atoms with Gasteiger partial charge in [-0.2, -0.15) is 10.2 Å². The van der Waals surface area contributed by atoms with Crippen molar-refractivity contribution in [3.05, 3.63) is 29.7 Å². The number of carbonyl (C=O) groups is 1. The van der Waals surface area contributed by atoms with Crippen LogP contribution in [0.2, 0.25) is 0 Å². The molecule has 0 aliphatic heterocycles. The summed E-state index contributed by atoms with van der Waals surface area (Å²) in [5.74, 6) is 0.899. The van der Waals surface area contributed by atoms with Gasteiger partial charge in [-0.05, 0) is 31.9 Å². The molecule has 7 nitrogen and oxygen atoms in total. The summed E-state index contributed by atoms with van der Waals surface area (Å²) in [6.07, 6.45) is 4.08. The highest BCUT2D eigenvalue weighted by atomic mass is 16.2. The third-order valence-corrected chi connectivity index (χ3v) is 3.11. The summed E-state index contributed by atoms with van der Waals surface area (Å²) in [6, 6.07) is 3.17. The predicted octanol–water partition coefficient (Wildman–Crippen LogP) is 2.04. The van der Waals surface area contributed by atoms with E-state index in [4.69, 9.17) is 0 Å². The van der Waals surface area contributed by atoms with E-state index in [0.29, 0.717) is 11.7 Å². The second-order valence-corrected chi connectivity index (χ2v) is 5.02. The maximum absolute atomic E-state index is 11.9. The molecule has 2 aromatic rings. The van der Waals surface area contributed by atoms with Gasteiger partial charge in [0.1, 0.15) is 0 Å². The number of hydrogen-bond donors (Lipinski definition) is 2. The highest BCUT2D eigenvalue weighted by Crippen LogP contribution is 2.42. The third-order valence-electron chi connectivity index (χ3n) is 3.11. The molecule has 0 unspecified atom stereocenters. The fourth-order valence-corrected chi connectivity index (χ4v) is 2.00. The Balaban J connectivity index is 1.68. The highest BCUT2D eigenvalue weighted by molar-refractivity contribution is 5.99. The minimum Gasteiger partial charge on any atom is -0.305 e. The van der Waals surface area contributed by atoms with Gasteiger partial charge in [-0.25, -0.2) is 4.79 Å². The number of nitrogens with one attached hydrogen (secondary N) is 2. The summed E-state index contributed by atoms with van der Waals surface area (Å²) >= 11 is 0. The first-order valence-corrected chi connectivity index (χ1v) is 6.53. The van der Waals surface area contributed by atoms with Crippen LogP contribution in [0.25, 0.3) is 0 Å². The van der Waals surface area contributed by atoms with Gasteiger partial charge in [0, 0.05) is 19.2 Å². The van der Waals surface area contributed by atoms with E-state index < -0.39 is 0 Å². The van der Waals surface area contributed by atoms with E-state index >= 15 is 0 Å². The summed E-state index contributed by atoms with van der Waals surface area (Å²) < 4.78 is 1.72. The lowest BCUT2D eigenvalue weighted by atomic mass is 10.2. The van der Waals surface area contributed by atoms with E-state index in [-0.39, 0.29) is 6.03 Å². The van der Waals surface area contributed by atoms with Gasteiger partial charge in [0.2, 0.25) is 0 Å². The van der Waals surface area contributed by atoms with Crippen LogP contribution in [0.3, 0.4) is 0 Å². The molecular weight excluding hydrogens is 256 g/mol. The van der Waals surface area contributed by atoms with Crippen molar-refractivity contribution >= 4 is 17.5 Å². The molecule has 104 valence electrons. The lowest BCUT2D eigenvalue weighted by molar-refractivity contribution is 0.262. The van der Waals surface area contributed by atoms with Crippen molar-refractivity contribution in [2.24, 2.45) is 7.05 Å². The van der Waals surface area contributed by atoms with Crippen molar-refractivity contribution in [3.8, 4) is 0 Å². The molecule has 2 aromatic heterocycles. The number of amides is 2. The average Bonchev–Trinajstić information content (AvgIpc) is 3.17. The van der Waals surface area contributed by atoms with Crippen LogP contribution in [0.1, 0.15) is 30.1 Å². The SMILES string of the molecule is Cc1ccc(NC(=O)Nc2cn(C)nc2C2CC2)nn1. The molecule has 0 bridgehead atoms. The molecule has 2 amide bonds. The zero-order chi connectivity index (χ0) is 14.1. The summed E-state index contributed by atoms with van der Waals surface area (Å²) in [4.78, 5) is 11.9. The van der Waals surface area contributed by atoms with Crippen LogP contribution >= 0.6 is 0 Å². The largest absolute Gasteiger partial charge is 0.324 e. The number of carbonyl (C=O) groups excluding carboxylic acids is 1. The number of urea groups is 1. The molecule has 1 saturated carbocycles. The average molecular weight is 272 g/mol. The Morgan fingerprint density at radius 2 is 2.10 bits per heavy atom. The standard InChI is InChI=1S/C13H16N6O/c1-8-3-6-11(17-16-8)15-13(20)14-10-7-19(2)18-12(10)9-4-5-9/h3,6-7,9H,4-5H2,1-2H3,(H2,14,15,17,20). The fourth-order valence-electron chi connectivity index (χ4n) is 2.00. The van der Waals surface area contributed by atoms with Crippen LogP contribution in [-0.2, 0) is 7.05 Å². The van der Waals surface area contributed by atoms with Crippen molar-refractivity contribution in [2.45, 2.75) is 25.7 Å². The van der Waals surface area contributed by atoms with Crippen LogP contribution in [0.15, 0.2) is 18.3 Å². The molecule has 1 aliphatic carbocycles. The second kappa shape index (κ2) is 4.92. The van der Waals surface area contributed by atoms with Crippen molar-refractivity contribution in [1.82, 2.24) is 20.0 Å². The van der Waals surface area contributed by atoms with Crippen LogP contribution in [-0.4, -0.2) is 26.0 Å². The Labute approximate surface area is 116 Å². The maximum atomic E-state index is 11.9. The predicted molar refractivity (Wildman–Crippen MR) is 74.6 cm³/mol. The topological polar surface area (TPSA) is 84.7 Å². The summed E-state index contributed by atoms with van der Waals surface area (Å²) in [7, 11) is 1.85. The zero-order valence-corrected chi connectivity index (χ0v) is 11.4. The Hall–Kier alpha value is -2.44. The number of aromatic nitrogens is 4. The Bertz CT molecular complexity index is 629. The minimum atomic E-state index is -0.335. The summed E-state index contributed by atoms with van der Waals surface area (Å²) in [5.41, 5.74) is 2.52. The Morgan fingerprint density at radius 1 is 1.30 bits per heavy atom. The lowest BCUT2D eigenvalue weighted by Gasteiger charge is -2.06. The normalized spacial score (nSPS) is 14.1. The van der Waals surface area contributed by atoms with Gasteiger partial charge in [0.15, 0.2) is 5.82 Å². The van der Waals surface area contributed by atoms with Gasteiger partial charge in [0.05, 0.1) is 17.1 Å². The molecule has 1 fully saturated rings. The Kier molecular flexibility index (Phi) is 3.09. The molecule has 20 heavy (non-hydrogen) atoms. The molecule has 0 aromatic carbocycles. The van der Waals surface area contributed by atoms with Gasteiger partial charge in [-0.1, -0.05) is 0 Å². The summed E-state index contributed by atoms with van der Waals surface area (Å²) in [5, 5.41) is 17.6. The molecule has 0 saturated heterocycles. The molecule has 1 aliphatic rings. The molecule has 2 N–H and O–H groups in total. The van der Waals surface area contributed by atoms with Crippen molar-refractivity contribution in [2.75, 3.05) is 10.6 Å². The van der Waals surface area contributed by atoms with Crippen LogP contribution < -0.4 is 10.6 Å². The molecule has 3 rings (SSSR count). The summed E-state index contributed by atoms with van der Waals surface area (Å²) in [6.45, 7) is 1.84. The zero-order valence-electron chi connectivity index (χ0n) is 11.4. The van der Waals surface area contributed by atoms with Crippen molar-refractivity contribution in [3.63, 3.8) is 0 Å². The van der Waals surface area contributed by atoms with Gasteiger partial charge < -0.3 is 5.32 Å². The Morgan fingerprint density at radius 3 is 2.75 bits per heavy atom. The van der Waals surface area contributed by atoms with Crippen LogP contribution in [0, 0.1) is 6.92 Å². The first kappa shape index (κ1) is 12.6. The fraction of sp³-hybridized carbons (Fsp3) is 0.385. The number of rotatable bonds is 3. The van der Waals surface area contributed by atoms with E-state index in [1.54, 1.807) is 16.8 Å². The third kappa shape index (κ3) is 2.76. The van der Waals surface area contributed by atoms with Crippen LogP contribution in [0.5, 0.6) is 0 Å². The highest BCUT2D eigenvalue weighted by Gasteiger charge is 2.29. The van der Waals surface area contributed by atoms with Crippen molar-refractivity contribution < 1.29 is 4.79 Å². The van der Waals surface area contributed by atoms with E-state index in [9.17, 15) is 4.79 Å². The molecule has 0 spiro atoms. The van der Waals surface area contributed by atoms with Crippen LogP contribution in [0.4, 0.5) is 16.3 Å². The smallest absolute Gasteiger partial charge is 0.305 e. The maximum Gasteiger partial charge on any atom is 0.324 e. The number of anilines is 2. The van der Waals surface area contributed by atoms with E-state index in [2.05, 4.69) is 25.9 Å². The first-order chi connectivity index (χ1) is 9.61. The minimum absolute atomic E-state index is 0.335. The van der Waals surface area contributed by atoms with Gasteiger partial charge in [-0.3, -0.25) is 10.00 Å². The van der Waals surface area contributed by atoms with E-state index in [0.717, 1.165) is 29.9 Å². The molecule has 2 heterocycles. The van der Waals surface area contributed by atoms with Crippen molar-refractivity contribution in [1.29, 1.82) is 0 Å². The number of hydrogen-bond acceptors (Lipinski definition) is 4. The van der Waals surface area contributed by atoms with Gasteiger partial charge in [-0.15, -0.1) is 5.10 Å². The van der Waals surface area contributed by atoms with Gasteiger partial charge >= 0.3 is 6.03 Å². The van der Waals surface area contributed by atoms with Gasteiger partial charge in [0.25, 0.3) is 0 Å². The molecule has 7 heteroatoms. The molecular formula is C13H16N6O. The molecule has 0 atom stereocenters. The second-order valence-electron chi connectivity index (χ2n) is 5.02. The first-order valence-electron chi connectivity index (χ1n) is 6.53. The monoisotopic (exact) mass is 272 g/mol. The van der Waals surface area contributed by atoms with E-state index in [1.807, 2.05) is 20.2 Å². The number of aryl methyl sites for hydroxylation is 2. The quantitative estimate of drug-likeness (QED) is 0.895. The molecule has 0 radical (unpaired) electrons. The number of nitrogens with zero attached hydrogens (tertiary/aromatic N) is 4.